The number of amides is 1. The molecule has 1 rings (SSSR count). The Bertz CT molecular complexity index is 291. The molecule has 0 saturated heterocycles. The summed E-state index contributed by atoms with van der Waals surface area (Å²) in [5, 5.41) is 0. The molecule has 1 amide bonds. The number of carbonyl (C=O) groups is 1. The number of carbonyl (C=O) groups excluding carboxylic acids is 1. The van der Waals surface area contributed by atoms with Crippen molar-refractivity contribution in [3.05, 3.63) is 29.8 Å². The molecule has 3 heteroatoms. The fourth-order valence-corrected chi connectivity index (χ4v) is 0.798. The van der Waals surface area contributed by atoms with Gasteiger partial charge in [0.1, 0.15) is 5.75 Å². The average Bonchev–Trinajstić information content (AvgIpc) is 2.24. The summed E-state index contributed by atoms with van der Waals surface area (Å²) < 4.78 is 5.02. The predicted molar refractivity (Wildman–Crippen MR) is 62.2 cm³/mol. The van der Waals surface area contributed by atoms with E-state index in [1.165, 1.54) is 4.90 Å². The van der Waals surface area contributed by atoms with Gasteiger partial charge in [0, 0.05) is 14.1 Å². The Kier molecular flexibility index (Phi) is 6.18. The van der Waals surface area contributed by atoms with E-state index in [-0.39, 0.29) is 6.09 Å². The van der Waals surface area contributed by atoms with Gasteiger partial charge in [-0.25, -0.2) is 4.79 Å². The summed E-state index contributed by atoms with van der Waals surface area (Å²) >= 11 is 0. The molecule has 0 fully saturated rings. The van der Waals surface area contributed by atoms with Gasteiger partial charge in [0.15, 0.2) is 0 Å². The average molecular weight is 209 g/mol. The molecule has 0 atom stereocenters. The third kappa shape index (κ3) is 5.05. The van der Waals surface area contributed by atoms with Gasteiger partial charge < -0.3 is 9.64 Å². The molecule has 0 bridgehead atoms. The van der Waals surface area contributed by atoms with Crippen molar-refractivity contribution in [2.75, 3.05) is 14.1 Å². The fourth-order valence-electron chi connectivity index (χ4n) is 0.798. The van der Waals surface area contributed by atoms with Gasteiger partial charge in [-0.2, -0.15) is 0 Å². The molecule has 0 N–H and O–H groups in total. The van der Waals surface area contributed by atoms with Gasteiger partial charge in [0.2, 0.25) is 0 Å². The summed E-state index contributed by atoms with van der Waals surface area (Å²) in [7, 11) is 3.30. The van der Waals surface area contributed by atoms with Crippen LogP contribution in [0.15, 0.2) is 24.3 Å². The van der Waals surface area contributed by atoms with Crippen LogP contribution in [0.1, 0.15) is 19.4 Å². The van der Waals surface area contributed by atoms with Crippen molar-refractivity contribution in [3.8, 4) is 5.75 Å². The summed E-state index contributed by atoms with van der Waals surface area (Å²) in [6.07, 6.45) is -0.358. The van der Waals surface area contributed by atoms with Crippen LogP contribution in [0.4, 0.5) is 4.79 Å². The van der Waals surface area contributed by atoms with E-state index in [1.807, 2.05) is 32.9 Å². The molecule has 1 aromatic rings. The van der Waals surface area contributed by atoms with Gasteiger partial charge in [-0.3, -0.25) is 0 Å². The predicted octanol–water partition coefficient (Wildman–Crippen LogP) is 3.08. The quantitative estimate of drug-likeness (QED) is 0.711. The van der Waals surface area contributed by atoms with Crippen molar-refractivity contribution in [2.24, 2.45) is 0 Å². The van der Waals surface area contributed by atoms with Crippen LogP contribution >= 0.6 is 0 Å². The van der Waals surface area contributed by atoms with Crippen LogP contribution in [0.3, 0.4) is 0 Å². The van der Waals surface area contributed by atoms with Gasteiger partial charge in [-0.15, -0.1) is 0 Å². The Morgan fingerprint density at radius 2 is 1.60 bits per heavy atom. The van der Waals surface area contributed by atoms with Gasteiger partial charge >= 0.3 is 6.09 Å². The lowest BCUT2D eigenvalue weighted by atomic mass is 10.2. The Hall–Kier alpha value is -1.51. The SMILES string of the molecule is CC.Cc1ccc(OC(=O)N(C)C)cc1. The van der Waals surface area contributed by atoms with Crippen LogP contribution < -0.4 is 4.74 Å². The third-order valence-corrected chi connectivity index (χ3v) is 1.59. The zero-order valence-electron chi connectivity index (χ0n) is 10.1. The van der Waals surface area contributed by atoms with Crippen molar-refractivity contribution in [1.29, 1.82) is 0 Å². The monoisotopic (exact) mass is 209 g/mol. The van der Waals surface area contributed by atoms with E-state index in [2.05, 4.69) is 0 Å². The number of benzene rings is 1. The smallest absolute Gasteiger partial charge is 0.410 e. The van der Waals surface area contributed by atoms with E-state index in [1.54, 1.807) is 26.2 Å². The van der Waals surface area contributed by atoms with Crippen LogP contribution in [0, 0.1) is 6.92 Å². The van der Waals surface area contributed by atoms with Gasteiger partial charge in [-0.1, -0.05) is 31.5 Å². The van der Waals surface area contributed by atoms with Crippen LogP contribution in [-0.2, 0) is 0 Å². The Labute approximate surface area is 91.7 Å². The largest absolute Gasteiger partial charge is 0.414 e. The van der Waals surface area contributed by atoms with Gasteiger partial charge in [-0.05, 0) is 19.1 Å². The molecule has 15 heavy (non-hydrogen) atoms. The molecule has 0 spiro atoms. The van der Waals surface area contributed by atoms with E-state index in [4.69, 9.17) is 4.74 Å². The molecule has 1 aromatic carbocycles. The second kappa shape index (κ2) is 6.87. The lowest BCUT2D eigenvalue weighted by Gasteiger charge is -2.10. The van der Waals surface area contributed by atoms with Gasteiger partial charge in [0.25, 0.3) is 0 Å². The maximum Gasteiger partial charge on any atom is 0.414 e. The first-order valence-electron chi connectivity index (χ1n) is 5.05. The topological polar surface area (TPSA) is 29.5 Å². The second-order valence-corrected chi connectivity index (χ2v) is 3.08. The number of hydrogen-bond acceptors (Lipinski definition) is 2. The minimum absolute atomic E-state index is 0.358. The molecule has 0 aliphatic rings. The van der Waals surface area contributed by atoms with E-state index in [0.29, 0.717) is 5.75 Å². The number of rotatable bonds is 1. The van der Waals surface area contributed by atoms with Crippen LogP contribution in [0.25, 0.3) is 0 Å². The fraction of sp³-hybridized carbons (Fsp3) is 0.417. The summed E-state index contributed by atoms with van der Waals surface area (Å²) in [6.45, 7) is 5.98. The number of aryl methyl sites for hydroxylation is 1. The molecular weight excluding hydrogens is 190 g/mol. The van der Waals surface area contributed by atoms with Crippen molar-refractivity contribution in [2.45, 2.75) is 20.8 Å². The third-order valence-electron chi connectivity index (χ3n) is 1.59. The minimum atomic E-state index is -0.358. The molecular formula is C12H19NO2. The standard InChI is InChI=1S/C10H13NO2.C2H6/c1-8-4-6-9(7-5-8)13-10(12)11(2)3;1-2/h4-7H,1-3H3;1-2H3. The van der Waals surface area contributed by atoms with E-state index in [0.717, 1.165) is 5.56 Å². The molecule has 0 saturated carbocycles. The van der Waals surface area contributed by atoms with Crippen LogP contribution in [0.5, 0.6) is 5.75 Å². The first kappa shape index (κ1) is 13.5. The highest BCUT2D eigenvalue weighted by Crippen LogP contribution is 2.11. The highest BCUT2D eigenvalue weighted by atomic mass is 16.6. The second-order valence-electron chi connectivity index (χ2n) is 3.08. The van der Waals surface area contributed by atoms with Crippen molar-refractivity contribution in [1.82, 2.24) is 4.90 Å². The molecule has 0 aromatic heterocycles. The summed E-state index contributed by atoms with van der Waals surface area (Å²) in [5.41, 5.74) is 1.14. The molecule has 0 radical (unpaired) electrons. The van der Waals surface area contributed by atoms with Crippen molar-refractivity contribution < 1.29 is 9.53 Å². The molecule has 0 unspecified atom stereocenters. The molecule has 0 aliphatic heterocycles. The molecule has 0 aliphatic carbocycles. The van der Waals surface area contributed by atoms with Gasteiger partial charge in [0.05, 0.1) is 0 Å². The molecule has 84 valence electrons. The molecule has 3 nitrogen and oxygen atoms in total. The zero-order chi connectivity index (χ0) is 11.8. The first-order valence-corrected chi connectivity index (χ1v) is 5.05. The highest BCUT2D eigenvalue weighted by Gasteiger charge is 2.05. The molecule has 0 heterocycles. The zero-order valence-corrected chi connectivity index (χ0v) is 10.1. The lowest BCUT2D eigenvalue weighted by molar-refractivity contribution is 0.172. The van der Waals surface area contributed by atoms with Crippen molar-refractivity contribution in [3.63, 3.8) is 0 Å². The Morgan fingerprint density at radius 1 is 1.13 bits per heavy atom. The van der Waals surface area contributed by atoms with Crippen LogP contribution in [0.2, 0.25) is 0 Å². The first-order chi connectivity index (χ1) is 7.09. The van der Waals surface area contributed by atoms with E-state index >= 15 is 0 Å². The minimum Gasteiger partial charge on any atom is -0.410 e. The Balaban J connectivity index is 0.000000921. The number of nitrogens with zero attached hydrogens (tertiary/aromatic N) is 1. The summed E-state index contributed by atoms with van der Waals surface area (Å²) in [6, 6.07) is 7.35. The Morgan fingerprint density at radius 3 is 2.00 bits per heavy atom. The number of hydrogen-bond donors (Lipinski definition) is 0. The lowest BCUT2D eigenvalue weighted by Crippen LogP contribution is -2.25. The maximum absolute atomic E-state index is 11.1. The highest BCUT2D eigenvalue weighted by molar-refractivity contribution is 5.69. The summed E-state index contributed by atoms with van der Waals surface area (Å²) in [4.78, 5) is 12.5. The van der Waals surface area contributed by atoms with E-state index < -0.39 is 0 Å². The normalized spacial score (nSPS) is 8.60. The van der Waals surface area contributed by atoms with Crippen LogP contribution in [-0.4, -0.2) is 25.1 Å². The maximum atomic E-state index is 11.1. The van der Waals surface area contributed by atoms with E-state index in [9.17, 15) is 4.79 Å². The van der Waals surface area contributed by atoms with Crippen molar-refractivity contribution >= 4 is 6.09 Å². The number of ether oxygens (including phenoxy) is 1. The summed E-state index contributed by atoms with van der Waals surface area (Å²) in [5.74, 6) is 0.573.